The average molecular weight is 316 g/mol. The van der Waals surface area contributed by atoms with E-state index >= 15 is 0 Å². The smallest absolute Gasteiger partial charge is 0.137 e. The van der Waals surface area contributed by atoms with E-state index in [9.17, 15) is 4.39 Å². The van der Waals surface area contributed by atoms with Gasteiger partial charge in [0.15, 0.2) is 0 Å². The van der Waals surface area contributed by atoms with Gasteiger partial charge in [0, 0.05) is 6.04 Å². The predicted molar refractivity (Wildman–Crippen MR) is 79.2 cm³/mol. The fourth-order valence-electron chi connectivity index (χ4n) is 1.90. The molecule has 1 aromatic rings. The molecule has 0 radical (unpaired) electrons. The van der Waals surface area contributed by atoms with Crippen LogP contribution in [0.1, 0.15) is 51.6 Å². The molecule has 0 amide bonds. The Morgan fingerprint density at radius 3 is 2.56 bits per heavy atom. The molecular formula is C15H23BrFN. The van der Waals surface area contributed by atoms with Crippen molar-refractivity contribution in [3.05, 3.63) is 34.1 Å². The third kappa shape index (κ3) is 5.49. The molecule has 0 aliphatic rings. The van der Waals surface area contributed by atoms with E-state index < -0.39 is 0 Å². The van der Waals surface area contributed by atoms with Gasteiger partial charge in [-0.3, -0.25) is 0 Å². The summed E-state index contributed by atoms with van der Waals surface area (Å²) in [6.07, 6.45) is 3.76. The molecule has 1 N–H and O–H groups in total. The first-order chi connectivity index (χ1) is 8.50. The molecule has 0 spiro atoms. The van der Waals surface area contributed by atoms with Gasteiger partial charge in [-0.25, -0.2) is 4.39 Å². The number of hydrogen-bond donors (Lipinski definition) is 1. The second kappa shape index (κ2) is 7.90. The molecule has 1 atom stereocenters. The predicted octanol–water partition coefficient (Wildman–Crippen LogP) is 5.07. The second-order valence-corrected chi connectivity index (χ2v) is 6.09. The van der Waals surface area contributed by atoms with Crippen LogP contribution in [-0.4, -0.2) is 6.54 Å². The number of unbranched alkanes of at least 4 members (excludes halogenated alkanes) is 1. The molecule has 0 heterocycles. The van der Waals surface area contributed by atoms with Gasteiger partial charge in [-0.05, 0) is 59.4 Å². The van der Waals surface area contributed by atoms with Crippen LogP contribution in [0.15, 0.2) is 22.7 Å². The van der Waals surface area contributed by atoms with Crippen molar-refractivity contribution >= 4 is 15.9 Å². The number of benzene rings is 1. The molecule has 0 saturated carbocycles. The summed E-state index contributed by atoms with van der Waals surface area (Å²) in [5.41, 5.74) is 1.12. The van der Waals surface area contributed by atoms with Gasteiger partial charge < -0.3 is 5.32 Å². The first kappa shape index (κ1) is 15.6. The Morgan fingerprint density at radius 1 is 1.22 bits per heavy atom. The van der Waals surface area contributed by atoms with Gasteiger partial charge in [0.05, 0.1) is 4.47 Å². The molecule has 0 aliphatic carbocycles. The normalized spacial score (nSPS) is 13.0. The summed E-state index contributed by atoms with van der Waals surface area (Å²) in [6, 6.07) is 5.46. The average Bonchev–Trinajstić information content (AvgIpc) is 2.31. The molecule has 0 aromatic heterocycles. The Labute approximate surface area is 118 Å². The molecule has 0 fully saturated rings. The summed E-state index contributed by atoms with van der Waals surface area (Å²) in [4.78, 5) is 0. The second-order valence-electron chi connectivity index (χ2n) is 5.24. The van der Waals surface area contributed by atoms with Gasteiger partial charge in [-0.1, -0.05) is 32.8 Å². The number of hydrogen-bond acceptors (Lipinski definition) is 1. The van der Waals surface area contributed by atoms with E-state index in [0.29, 0.717) is 4.47 Å². The van der Waals surface area contributed by atoms with Crippen molar-refractivity contribution in [2.75, 3.05) is 6.54 Å². The maximum absolute atomic E-state index is 13.1. The fraction of sp³-hybridized carbons (Fsp3) is 0.600. The molecule has 3 heteroatoms. The van der Waals surface area contributed by atoms with Crippen LogP contribution in [-0.2, 0) is 0 Å². The zero-order valence-corrected chi connectivity index (χ0v) is 13.1. The summed E-state index contributed by atoms with van der Waals surface area (Å²) >= 11 is 3.22. The molecule has 18 heavy (non-hydrogen) atoms. The molecule has 102 valence electrons. The van der Waals surface area contributed by atoms with Crippen molar-refractivity contribution in [1.82, 2.24) is 5.32 Å². The minimum Gasteiger partial charge on any atom is -0.310 e. The van der Waals surface area contributed by atoms with Crippen LogP contribution < -0.4 is 5.32 Å². The van der Waals surface area contributed by atoms with E-state index in [1.807, 2.05) is 12.1 Å². The van der Waals surface area contributed by atoms with Gasteiger partial charge in [-0.15, -0.1) is 0 Å². The summed E-state index contributed by atoms with van der Waals surface area (Å²) < 4.78 is 13.7. The van der Waals surface area contributed by atoms with Crippen LogP contribution >= 0.6 is 15.9 Å². The third-order valence-corrected chi connectivity index (χ3v) is 3.71. The van der Waals surface area contributed by atoms with E-state index in [1.165, 1.54) is 25.3 Å². The highest BCUT2D eigenvalue weighted by Crippen LogP contribution is 2.21. The maximum Gasteiger partial charge on any atom is 0.137 e. The lowest BCUT2D eigenvalue weighted by atomic mass is 10.1. The Hall–Kier alpha value is -0.410. The van der Waals surface area contributed by atoms with E-state index in [1.54, 1.807) is 0 Å². The number of rotatable bonds is 7. The Bertz CT molecular complexity index is 366. The first-order valence-corrected chi connectivity index (χ1v) is 7.48. The lowest BCUT2D eigenvalue weighted by molar-refractivity contribution is 0.497. The fourth-order valence-corrected chi connectivity index (χ4v) is 2.29. The summed E-state index contributed by atoms with van der Waals surface area (Å²) in [6.45, 7) is 7.64. The van der Waals surface area contributed by atoms with Crippen LogP contribution in [0.4, 0.5) is 4.39 Å². The Balaban J connectivity index is 2.31. The largest absolute Gasteiger partial charge is 0.310 e. The van der Waals surface area contributed by atoms with Crippen molar-refractivity contribution in [3.63, 3.8) is 0 Å². The zero-order chi connectivity index (χ0) is 13.5. The van der Waals surface area contributed by atoms with Gasteiger partial charge in [0.25, 0.3) is 0 Å². The summed E-state index contributed by atoms with van der Waals surface area (Å²) in [5.74, 6) is 0.582. The lowest BCUT2D eigenvalue weighted by Gasteiger charge is -2.15. The first-order valence-electron chi connectivity index (χ1n) is 6.69. The molecule has 1 aromatic carbocycles. The van der Waals surface area contributed by atoms with Crippen molar-refractivity contribution in [3.8, 4) is 0 Å². The minimum atomic E-state index is -0.206. The Morgan fingerprint density at radius 2 is 1.94 bits per heavy atom. The van der Waals surface area contributed by atoms with Crippen LogP contribution in [0.5, 0.6) is 0 Å². The highest BCUT2D eigenvalue weighted by molar-refractivity contribution is 9.10. The lowest BCUT2D eigenvalue weighted by Crippen LogP contribution is -2.20. The van der Waals surface area contributed by atoms with Gasteiger partial charge >= 0.3 is 0 Å². The van der Waals surface area contributed by atoms with Crippen molar-refractivity contribution in [2.24, 2.45) is 5.92 Å². The van der Waals surface area contributed by atoms with Crippen molar-refractivity contribution < 1.29 is 4.39 Å². The number of halogens is 2. The molecule has 1 rings (SSSR count). The standard InChI is InChI=1S/C15H23BrFN/c1-11(2)6-4-5-9-18-12(3)13-7-8-15(17)14(16)10-13/h7-8,10-12,18H,4-6,9H2,1-3H3. The van der Waals surface area contributed by atoms with Gasteiger partial charge in [0.1, 0.15) is 5.82 Å². The molecule has 1 unspecified atom stereocenters. The van der Waals surface area contributed by atoms with Gasteiger partial charge in [0.2, 0.25) is 0 Å². The topological polar surface area (TPSA) is 12.0 Å². The van der Waals surface area contributed by atoms with E-state index in [-0.39, 0.29) is 11.9 Å². The third-order valence-electron chi connectivity index (χ3n) is 3.10. The highest BCUT2D eigenvalue weighted by Gasteiger charge is 2.07. The van der Waals surface area contributed by atoms with Crippen molar-refractivity contribution in [2.45, 2.75) is 46.1 Å². The highest BCUT2D eigenvalue weighted by atomic mass is 79.9. The zero-order valence-electron chi connectivity index (χ0n) is 11.5. The maximum atomic E-state index is 13.1. The van der Waals surface area contributed by atoms with Crippen LogP contribution in [0.25, 0.3) is 0 Å². The van der Waals surface area contributed by atoms with E-state index in [4.69, 9.17) is 0 Å². The minimum absolute atomic E-state index is 0.206. The van der Waals surface area contributed by atoms with Crippen LogP contribution in [0.3, 0.4) is 0 Å². The molecule has 1 nitrogen and oxygen atoms in total. The quantitative estimate of drug-likeness (QED) is 0.693. The SMILES string of the molecule is CC(C)CCCCNC(C)c1ccc(F)c(Br)c1. The van der Waals surface area contributed by atoms with Crippen LogP contribution in [0, 0.1) is 11.7 Å². The van der Waals surface area contributed by atoms with Crippen LogP contribution in [0.2, 0.25) is 0 Å². The Kier molecular flexibility index (Phi) is 6.87. The van der Waals surface area contributed by atoms with E-state index in [0.717, 1.165) is 18.0 Å². The molecule has 0 aliphatic heterocycles. The van der Waals surface area contributed by atoms with Gasteiger partial charge in [-0.2, -0.15) is 0 Å². The monoisotopic (exact) mass is 315 g/mol. The van der Waals surface area contributed by atoms with Crippen molar-refractivity contribution in [1.29, 1.82) is 0 Å². The molecular weight excluding hydrogens is 293 g/mol. The summed E-state index contributed by atoms with van der Waals surface area (Å²) in [5, 5.41) is 3.48. The number of nitrogens with one attached hydrogen (secondary N) is 1. The molecule has 0 bridgehead atoms. The van der Waals surface area contributed by atoms with E-state index in [2.05, 4.69) is 42.0 Å². The molecule has 0 saturated heterocycles. The summed E-state index contributed by atoms with van der Waals surface area (Å²) in [7, 11) is 0.